The third-order valence-electron chi connectivity index (χ3n) is 3.67. The SMILES string of the molecule is N#Cc1ccc(N(Cc2cccc3nonc23)n2cnnc2)cc1. The first-order valence-electron chi connectivity index (χ1n) is 7.18. The molecule has 8 nitrogen and oxygen atoms in total. The molecule has 2 heterocycles. The zero-order valence-corrected chi connectivity index (χ0v) is 12.4. The number of fused-ring (bicyclic) bond motifs is 1. The normalized spacial score (nSPS) is 10.6. The Balaban J connectivity index is 1.76. The van der Waals surface area contributed by atoms with Crippen molar-refractivity contribution in [1.29, 1.82) is 5.26 Å². The van der Waals surface area contributed by atoms with E-state index in [1.807, 2.05) is 35.3 Å². The summed E-state index contributed by atoms with van der Waals surface area (Å²) in [7, 11) is 0. The lowest BCUT2D eigenvalue weighted by atomic mass is 10.1. The molecule has 0 spiro atoms. The number of hydrogen-bond donors (Lipinski definition) is 0. The van der Waals surface area contributed by atoms with E-state index in [0.29, 0.717) is 23.1 Å². The van der Waals surface area contributed by atoms with E-state index in [4.69, 9.17) is 9.89 Å². The van der Waals surface area contributed by atoms with Gasteiger partial charge in [0, 0.05) is 5.56 Å². The van der Waals surface area contributed by atoms with Gasteiger partial charge in [-0.05, 0) is 40.6 Å². The van der Waals surface area contributed by atoms with Crippen molar-refractivity contribution in [1.82, 2.24) is 25.2 Å². The molecule has 8 heteroatoms. The molecule has 116 valence electrons. The second kappa shape index (κ2) is 5.81. The van der Waals surface area contributed by atoms with Crippen LogP contribution < -0.4 is 5.01 Å². The average Bonchev–Trinajstić information content (AvgIpc) is 3.31. The van der Waals surface area contributed by atoms with Crippen molar-refractivity contribution in [3.63, 3.8) is 0 Å². The minimum atomic E-state index is 0.509. The van der Waals surface area contributed by atoms with Gasteiger partial charge in [0.1, 0.15) is 23.7 Å². The predicted octanol–water partition coefficient (Wildman–Crippen LogP) is 2.16. The van der Waals surface area contributed by atoms with E-state index in [-0.39, 0.29) is 0 Å². The lowest BCUT2D eigenvalue weighted by molar-refractivity contribution is 0.315. The summed E-state index contributed by atoms with van der Waals surface area (Å²) < 4.78 is 6.60. The third kappa shape index (κ3) is 2.44. The van der Waals surface area contributed by atoms with Gasteiger partial charge >= 0.3 is 0 Å². The molecule has 0 aliphatic rings. The Morgan fingerprint density at radius 1 is 1.04 bits per heavy atom. The standard InChI is InChI=1S/C16H11N7O/c17-8-12-4-6-14(7-5-12)23(22-10-18-19-11-22)9-13-2-1-3-15-16(13)21-24-20-15/h1-7,10-11H,9H2. The summed E-state index contributed by atoms with van der Waals surface area (Å²) >= 11 is 0. The van der Waals surface area contributed by atoms with Gasteiger partial charge < -0.3 is 0 Å². The van der Waals surface area contributed by atoms with Crippen LogP contribution in [0.25, 0.3) is 11.0 Å². The number of rotatable bonds is 4. The van der Waals surface area contributed by atoms with Gasteiger partial charge in [-0.15, -0.1) is 10.2 Å². The monoisotopic (exact) mass is 317 g/mol. The lowest BCUT2D eigenvalue weighted by Crippen LogP contribution is -2.28. The van der Waals surface area contributed by atoms with E-state index in [2.05, 4.69) is 26.6 Å². The van der Waals surface area contributed by atoms with Gasteiger partial charge in [0.05, 0.1) is 23.9 Å². The molecular weight excluding hydrogens is 306 g/mol. The van der Waals surface area contributed by atoms with E-state index in [9.17, 15) is 0 Å². The topological polar surface area (TPSA) is 96.7 Å². The van der Waals surface area contributed by atoms with Crippen molar-refractivity contribution in [3.8, 4) is 6.07 Å². The molecule has 2 aromatic heterocycles. The largest absolute Gasteiger partial charge is 0.274 e. The predicted molar refractivity (Wildman–Crippen MR) is 84.6 cm³/mol. The highest BCUT2D eigenvalue weighted by Gasteiger charge is 2.14. The minimum Gasteiger partial charge on any atom is -0.274 e. The zero-order valence-electron chi connectivity index (χ0n) is 12.4. The average molecular weight is 317 g/mol. The van der Waals surface area contributed by atoms with Crippen LogP contribution in [0, 0.1) is 11.3 Å². The molecule has 0 fully saturated rings. The van der Waals surface area contributed by atoms with Crippen molar-refractivity contribution in [3.05, 3.63) is 66.2 Å². The molecule has 4 rings (SSSR count). The second-order valence-corrected chi connectivity index (χ2v) is 5.11. The maximum absolute atomic E-state index is 8.97. The smallest absolute Gasteiger partial charge is 0.140 e. The zero-order chi connectivity index (χ0) is 16.4. The van der Waals surface area contributed by atoms with Gasteiger partial charge in [-0.3, -0.25) is 5.01 Å². The number of benzene rings is 2. The van der Waals surface area contributed by atoms with Crippen LogP contribution in [0.2, 0.25) is 0 Å². The molecule has 2 aromatic carbocycles. The lowest BCUT2D eigenvalue weighted by Gasteiger charge is -2.25. The third-order valence-corrected chi connectivity index (χ3v) is 3.67. The van der Waals surface area contributed by atoms with Gasteiger partial charge in [-0.1, -0.05) is 12.1 Å². The Morgan fingerprint density at radius 3 is 2.58 bits per heavy atom. The fourth-order valence-electron chi connectivity index (χ4n) is 2.49. The van der Waals surface area contributed by atoms with Crippen LogP contribution in [0.4, 0.5) is 5.69 Å². The Bertz CT molecular complexity index is 999. The molecule has 0 saturated heterocycles. The van der Waals surface area contributed by atoms with Crippen LogP contribution in [-0.4, -0.2) is 25.2 Å². The molecule has 0 bridgehead atoms. The van der Waals surface area contributed by atoms with Crippen LogP contribution >= 0.6 is 0 Å². The Kier molecular flexibility index (Phi) is 3.37. The number of aromatic nitrogens is 5. The summed E-state index contributed by atoms with van der Waals surface area (Å²) in [5.74, 6) is 0. The summed E-state index contributed by atoms with van der Waals surface area (Å²) in [5.41, 5.74) is 3.86. The highest BCUT2D eigenvalue weighted by Crippen LogP contribution is 2.22. The van der Waals surface area contributed by atoms with Gasteiger partial charge in [-0.25, -0.2) is 9.31 Å². The van der Waals surface area contributed by atoms with Crippen LogP contribution in [0.3, 0.4) is 0 Å². The molecule has 24 heavy (non-hydrogen) atoms. The summed E-state index contributed by atoms with van der Waals surface area (Å²) in [6.07, 6.45) is 3.22. The number of hydrogen-bond acceptors (Lipinski definition) is 7. The van der Waals surface area contributed by atoms with Gasteiger partial charge in [0.25, 0.3) is 0 Å². The van der Waals surface area contributed by atoms with E-state index < -0.39 is 0 Å². The summed E-state index contributed by atoms with van der Waals surface area (Å²) in [5, 5.41) is 26.5. The van der Waals surface area contributed by atoms with E-state index >= 15 is 0 Å². The maximum atomic E-state index is 8.97. The fourth-order valence-corrected chi connectivity index (χ4v) is 2.49. The summed E-state index contributed by atoms with van der Waals surface area (Å²) in [6, 6.07) is 15.1. The molecule has 0 aliphatic heterocycles. The second-order valence-electron chi connectivity index (χ2n) is 5.11. The molecule has 0 unspecified atom stereocenters. The van der Waals surface area contributed by atoms with Crippen molar-refractivity contribution in [2.24, 2.45) is 0 Å². The van der Waals surface area contributed by atoms with Crippen molar-refractivity contribution >= 4 is 16.7 Å². The van der Waals surface area contributed by atoms with Gasteiger partial charge in [0.2, 0.25) is 0 Å². The van der Waals surface area contributed by atoms with Gasteiger partial charge in [-0.2, -0.15) is 5.26 Å². The molecular formula is C16H11N7O. The number of anilines is 1. The molecule has 0 N–H and O–H groups in total. The van der Waals surface area contributed by atoms with E-state index in [1.54, 1.807) is 29.5 Å². The van der Waals surface area contributed by atoms with Crippen molar-refractivity contribution in [2.45, 2.75) is 6.54 Å². The highest BCUT2D eigenvalue weighted by atomic mass is 16.6. The Hall–Kier alpha value is -3.73. The molecule has 0 atom stereocenters. The number of nitriles is 1. The molecule has 0 aliphatic carbocycles. The van der Waals surface area contributed by atoms with E-state index in [0.717, 1.165) is 11.3 Å². The molecule has 4 aromatic rings. The van der Waals surface area contributed by atoms with E-state index in [1.165, 1.54) is 0 Å². The van der Waals surface area contributed by atoms with Crippen LogP contribution in [0.5, 0.6) is 0 Å². The molecule has 0 amide bonds. The van der Waals surface area contributed by atoms with Crippen molar-refractivity contribution < 1.29 is 4.63 Å². The first-order valence-corrected chi connectivity index (χ1v) is 7.18. The van der Waals surface area contributed by atoms with Crippen LogP contribution in [0.1, 0.15) is 11.1 Å². The Labute approximate surface area is 136 Å². The summed E-state index contributed by atoms with van der Waals surface area (Å²) in [4.78, 5) is 0. The summed E-state index contributed by atoms with van der Waals surface area (Å²) in [6.45, 7) is 0.509. The first-order chi connectivity index (χ1) is 11.8. The Morgan fingerprint density at radius 2 is 1.83 bits per heavy atom. The van der Waals surface area contributed by atoms with Crippen molar-refractivity contribution in [2.75, 3.05) is 5.01 Å². The highest BCUT2D eigenvalue weighted by molar-refractivity contribution is 5.77. The van der Waals surface area contributed by atoms with Crippen LogP contribution in [-0.2, 0) is 6.54 Å². The fraction of sp³-hybridized carbons (Fsp3) is 0.0625. The first kappa shape index (κ1) is 13.9. The molecule has 0 saturated carbocycles. The number of nitrogens with zero attached hydrogens (tertiary/aromatic N) is 7. The van der Waals surface area contributed by atoms with Gasteiger partial charge in [0.15, 0.2) is 0 Å². The minimum absolute atomic E-state index is 0.509. The van der Waals surface area contributed by atoms with Crippen LogP contribution in [0.15, 0.2) is 59.7 Å². The molecule has 0 radical (unpaired) electrons. The quantitative estimate of drug-likeness (QED) is 0.569. The maximum Gasteiger partial charge on any atom is 0.140 e.